The third-order valence-corrected chi connectivity index (χ3v) is 6.70. The molecule has 0 bridgehead atoms. The highest BCUT2D eigenvalue weighted by molar-refractivity contribution is 5.96. The number of carbonyl (C=O) groups excluding carboxylic acids is 3. The van der Waals surface area contributed by atoms with Gasteiger partial charge in [0.25, 0.3) is 5.91 Å². The van der Waals surface area contributed by atoms with E-state index in [1.807, 2.05) is 31.2 Å². The minimum Gasteiger partial charge on any atom is -0.343 e. The molecule has 1 fully saturated rings. The number of carbonyl (C=O) groups is 3. The highest BCUT2D eigenvalue weighted by atomic mass is 19.2. The molecule has 3 aromatic carbocycles. The molecule has 198 valence electrons. The molecule has 9 heteroatoms. The molecule has 1 aliphatic rings. The van der Waals surface area contributed by atoms with Crippen molar-refractivity contribution < 1.29 is 27.6 Å². The maximum absolute atomic E-state index is 13.8. The van der Waals surface area contributed by atoms with E-state index >= 15 is 0 Å². The van der Waals surface area contributed by atoms with Crippen LogP contribution >= 0.6 is 0 Å². The van der Waals surface area contributed by atoms with Gasteiger partial charge in [0.05, 0.1) is 13.0 Å². The number of nitrogens with one attached hydrogen (secondary N) is 2. The van der Waals surface area contributed by atoms with Crippen molar-refractivity contribution in [2.24, 2.45) is 0 Å². The summed E-state index contributed by atoms with van der Waals surface area (Å²) in [7, 11) is 0. The van der Waals surface area contributed by atoms with Gasteiger partial charge in [0.15, 0.2) is 11.6 Å². The normalized spacial score (nSPS) is 13.7. The van der Waals surface area contributed by atoms with Crippen LogP contribution in [-0.2, 0) is 16.0 Å². The third-order valence-electron chi connectivity index (χ3n) is 6.70. The average molecular weight is 524 g/mol. The standard InChI is InChI=1S/C29H28F3N3O3/c1-18-2-4-21(5-3-18)29(38)33-17-27(37)35-14-12-20(13-15-35)19-6-8-22(9-7-19)34-26(36)16-23-24(30)10-11-25(31)28(23)32/h2-11,20H,12-17H2,1H3,(H,33,38)(H,34,36). The van der Waals surface area contributed by atoms with E-state index in [1.54, 1.807) is 29.2 Å². The lowest BCUT2D eigenvalue weighted by Crippen LogP contribution is -2.43. The zero-order chi connectivity index (χ0) is 27.2. The minimum atomic E-state index is -1.37. The van der Waals surface area contributed by atoms with Crippen molar-refractivity contribution >= 4 is 23.4 Å². The second kappa shape index (κ2) is 11.9. The van der Waals surface area contributed by atoms with Crippen molar-refractivity contribution in [3.05, 3.63) is 100 Å². The molecule has 1 saturated heterocycles. The monoisotopic (exact) mass is 523 g/mol. The zero-order valence-corrected chi connectivity index (χ0v) is 20.9. The number of anilines is 1. The molecule has 0 aliphatic carbocycles. The van der Waals surface area contributed by atoms with Crippen LogP contribution in [0.1, 0.15) is 45.8 Å². The molecule has 3 amide bonds. The van der Waals surface area contributed by atoms with Crippen molar-refractivity contribution in [3.8, 4) is 0 Å². The molecular weight excluding hydrogens is 495 g/mol. The molecule has 1 aliphatic heterocycles. The topological polar surface area (TPSA) is 78.5 Å². The van der Waals surface area contributed by atoms with Gasteiger partial charge in [-0.1, -0.05) is 29.8 Å². The molecule has 2 N–H and O–H groups in total. The van der Waals surface area contributed by atoms with E-state index in [0.29, 0.717) is 30.4 Å². The maximum atomic E-state index is 13.8. The van der Waals surface area contributed by atoms with Crippen molar-refractivity contribution in [1.82, 2.24) is 10.2 Å². The van der Waals surface area contributed by atoms with Crippen LogP contribution in [0, 0.1) is 24.4 Å². The molecule has 6 nitrogen and oxygen atoms in total. The van der Waals surface area contributed by atoms with Gasteiger partial charge in [-0.2, -0.15) is 0 Å². The highest BCUT2D eigenvalue weighted by Crippen LogP contribution is 2.29. The Kier molecular flexibility index (Phi) is 8.45. The lowest BCUT2D eigenvalue weighted by Gasteiger charge is -2.32. The summed E-state index contributed by atoms with van der Waals surface area (Å²) < 4.78 is 41.0. The Balaban J connectivity index is 1.24. The molecule has 0 aromatic heterocycles. The quantitative estimate of drug-likeness (QED) is 0.440. The van der Waals surface area contributed by atoms with Gasteiger partial charge in [0, 0.05) is 29.9 Å². The van der Waals surface area contributed by atoms with Crippen LogP contribution in [0.3, 0.4) is 0 Å². The van der Waals surface area contributed by atoms with Gasteiger partial charge in [-0.25, -0.2) is 13.2 Å². The van der Waals surface area contributed by atoms with Crippen LogP contribution in [0.2, 0.25) is 0 Å². The Morgan fingerprint density at radius 3 is 2.16 bits per heavy atom. The van der Waals surface area contributed by atoms with Gasteiger partial charge in [-0.3, -0.25) is 14.4 Å². The second-order valence-corrected chi connectivity index (χ2v) is 9.37. The molecule has 4 rings (SSSR count). The fraction of sp³-hybridized carbons (Fsp3) is 0.276. The molecule has 38 heavy (non-hydrogen) atoms. The largest absolute Gasteiger partial charge is 0.343 e. The average Bonchev–Trinajstić information content (AvgIpc) is 2.92. The Morgan fingerprint density at radius 1 is 0.868 bits per heavy atom. The summed E-state index contributed by atoms with van der Waals surface area (Å²) in [6, 6.07) is 15.7. The number of rotatable bonds is 7. The second-order valence-electron chi connectivity index (χ2n) is 9.37. The summed E-state index contributed by atoms with van der Waals surface area (Å²) in [6.45, 7) is 3.00. The summed E-state index contributed by atoms with van der Waals surface area (Å²) in [4.78, 5) is 38.8. The minimum absolute atomic E-state index is 0.0603. The van der Waals surface area contributed by atoms with Gasteiger partial charge in [0.1, 0.15) is 5.82 Å². The van der Waals surface area contributed by atoms with Gasteiger partial charge in [0.2, 0.25) is 11.8 Å². The number of nitrogens with zero attached hydrogens (tertiary/aromatic N) is 1. The van der Waals surface area contributed by atoms with Crippen LogP contribution in [-0.4, -0.2) is 42.3 Å². The molecule has 1 heterocycles. The first-order chi connectivity index (χ1) is 18.2. The Hall–Kier alpha value is -4.14. The van der Waals surface area contributed by atoms with Gasteiger partial charge in [-0.15, -0.1) is 0 Å². The van der Waals surface area contributed by atoms with Crippen LogP contribution < -0.4 is 10.6 Å². The molecule has 0 radical (unpaired) electrons. The number of likely N-dealkylation sites (tertiary alicyclic amines) is 1. The number of amides is 3. The van der Waals surface area contributed by atoms with Gasteiger partial charge < -0.3 is 15.5 Å². The number of benzene rings is 3. The summed E-state index contributed by atoms with van der Waals surface area (Å²) in [5.74, 6) is -4.41. The van der Waals surface area contributed by atoms with Crippen LogP contribution in [0.4, 0.5) is 18.9 Å². The van der Waals surface area contributed by atoms with E-state index in [2.05, 4.69) is 10.6 Å². The van der Waals surface area contributed by atoms with Crippen LogP contribution in [0.15, 0.2) is 60.7 Å². The number of hydrogen-bond donors (Lipinski definition) is 2. The fourth-order valence-electron chi connectivity index (χ4n) is 4.47. The Morgan fingerprint density at radius 2 is 1.50 bits per heavy atom. The van der Waals surface area contributed by atoms with E-state index < -0.39 is 35.3 Å². The number of halogens is 3. The van der Waals surface area contributed by atoms with Crippen molar-refractivity contribution in [2.45, 2.75) is 32.1 Å². The summed E-state index contributed by atoms with van der Waals surface area (Å²) in [5.41, 5.74) is 2.44. The van der Waals surface area contributed by atoms with Gasteiger partial charge >= 0.3 is 0 Å². The molecular formula is C29H28F3N3O3. The first-order valence-electron chi connectivity index (χ1n) is 12.4. The SMILES string of the molecule is Cc1ccc(C(=O)NCC(=O)N2CCC(c3ccc(NC(=O)Cc4c(F)ccc(F)c4F)cc3)CC2)cc1. The van der Waals surface area contributed by atoms with Crippen LogP contribution in [0.25, 0.3) is 0 Å². The van der Waals surface area contributed by atoms with Gasteiger partial charge in [-0.05, 0) is 67.6 Å². The smallest absolute Gasteiger partial charge is 0.251 e. The van der Waals surface area contributed by atoms with E-state index in [0.717, 1.165) is 30.0 Å². The molecule has 3 aromatic rings. The Labute approximate surface area is 218 Å². The first kappa shape index (κ1) is 26.9. The summed E-state index contributed by atoms with van der Waals surface area (Å²) in [6.07, 6.45) is 0.873. The van der Waals surface area contributed by atoms with Crippen molar-refractivity contribution in [3.63, 3.8) is 0 Å². The molecule has 0 saturated carbocycles. The first-order valence-corrected chi connectivity index (χ1v) is 12.4. The van der Waals surface area contributed by atoms with Crippen molar-refractivity contribution in [1.29, 1.82) is 0 Å². The van der Waals surface area contributed by atoms with E-state index in [9.17, 15) is 27.6 Å². The predicted octanol–water partition coefficient (Wildman–Crippen LogP) is 4.73. The molecule has 0 unspecified atom stereocenters. The fourth-order valence-corrected chi connectivity index (χ4v) is 4.47. The maximum Gasteiger partial charge on any atom is 0.251 e. The van der Waals surface area contributed by atoms with E-state index in [4.69, 9.17) is 0 Å². The highest BCUT2D eigenvalue weighted by Gasteiger charge is 2.24. The Bertz CT molecular complexity index is 1320. The third kappa shape index (κ3) is 6.59. The summed E-state index contributed by atoms with van der Waals surface area (Å²) >= 11 is 0. The molecule has 0 atom stereocenters. The predicted molar refractivity (Wildman–Crippen MR) is 137 cm³/mol. The number of piperidine rings is 1. The van der Waals surface area contributed by atoms with E-state index in [1.165, 1.54) is 0 Å². The van der Waals surface area contributed by atoms with Crippen LogP contribution in [0.5, 0.6) is 0 Å². The lowest BCUT2D eigenvalue weighted by atomic mass is 9.89. The number of aryl methyl sites for hydroxylation is 1. The zero-order valence-electron chi connectivity index (χ0n) is 20.9. The lowest BCUT2D eigenvalue weighted by molar-refractivity contribution is -0.131. The summed E-state index contributed by atoms with van der Waals surface area (Å²) in [5, 5.41) is 5.25. The van der Waals surface area contributed by atoms with E-state index in [-0.39, 0.29) is 24.3 Å². The number of hydrogen-bond acceptors (Lipinski definition) is 3. The molecule has 0 spiro atoms. The van der Waals surface area contributed by atoms with Crippen molar-refractivity contribution in [2.75, 3.05) is 25.0 Å².